The minimum absolute atomic E-state index is 0.180. The van der Waals surface area contributed by atoms with Gasteiger partial charge in [0.15, 0.2) is 9.84 Å². The van der Waals surface area contributed by atoms with Crippen molar-refractivity contribution in [1.29, 1.82) is 0 Å². The van der Waals surface area contributed by atoms with Gasteiger partial charge in [-0.2, -0.15) is 0 Å². The normalized spacial score (nSPS) is 22.8. The molecule has 2 rings (SSSR count). The summed E-state index contributed by atoms with van der Waals surface area (Å²) in [5.74, 6) is 0.364. The smallest absolute Gasteiger partial charge is 0.154 e. The standard InChI is InChI=1S/C15H23NO2S2/c1-12(10-13-6-3-4-8-15(13)19-2)16-11-14-7-5-9-20(14,17)18/h3-4,6,8,12,14,16H,5,7,9-11H2,1-2H3/t12-,14+/m0/s1. The number of benzene rings is 1. The summed E-state index contributed by atoms with van der Waals surface area (Å²) in [6.45, 7) is 2.71. The van der Waals surface area contributed by atoms with Crippen molar-refractivity contribution in [3.8, 4) is 0 Å². The van der Waals surface area contributed by atoms with Gasteiger partial charge in [-0.25, -0.2) is 8.42 Å². The lowest BCUT2D eigenvalue weighted by Gasteiger charge is -2.18. The highest BCUT2D eigenvalue weighted by Crippen LogP contribution is 2.22. The number of nitrogens with one attached hydrogen (secondary N) is 1. The van der Waals surface area contributed by atoms with Crippen molar-refractivity contribution in [2.24, 2.45) is 0 Å². The molecule has 20 heavy (non-hydrogen) atoms. The van der Waals surface area contributed by atoms with Crippen LogP contribution >= 0.6 is 11.8 Å². The van der Waals surface area contributed by atoms with Crippen LogP contribution in [-0.2, 0) is 16.3 Å². The maximum Gasteiger partial charge on any atom is 0.154 e. The van der Waals surface area contributed by atoms with Crippen LogP contribution in [0.5, 0.6) is 0 Å². The lowest BCUT2D eigenvalue weighted by atomic mass is 10.1. The Bertz CT molecular complexity index is 543. The van der Waals surface area contributed by atoms with Crippen LogP contribution in [0.2, 0.25) is 0 Å². The Balaban J connectivity index is 1.88. The quantitative estimate of drug-likeness (QED) is 0.820. The molecule has 0 radical (unpaired) electrons. The van der Waals surface area contributed by atoms with E-state index in [-0.39, 0.29) is 5.25 Å². The molecule has 5 heteroatoms. The summed E-state index contributed by atoms with van der Waals surface area (Å²) in [6.07, 6.45) is 4.65. The van der Waals surface area contributed by atoms with E-state index in [9.17, 15) is 8.42 Å². The van der Waals surface area contributed by atoms with Crippen LogP contribution in [0.25, 0.3) is 0 Å². The van der Waals surface area contributed by atoms with E-state index in [1.54, 1.807) is 11.8 Å². The average Bonchev–Trinajstić information content (AvgIpc) is 2.76. The molecule has 3 nitrogen and oxygen atoms in total. The highest BCUT2D eigenvalue weighted by molar-refractivity contribution is 7.98. The number of hydrogen-bond donors (Lipinski definition) is 1. The van der Waals surface area contributed by atoms with Crippen LogP contribution in [0.3, 0.4) is 0 Å². The number of thioether (sulfide) groups is 1. The third-order valence-electron chi connectivity index (χ3n) is 3.88. The first-order chi connectivity index (χ1) is 9.53. The SMILES string of the molecule is CSc1ccccc1C[C@H](C)NC[C@H]1CCCS1(=O)=O. The van der Waals surface area contributed by atoms with Gasteiger partial charge < -0.3 is 5.32 Å². The second kappa shape index (κ2) is 6.96. The zero-order valence-corrected chi connectivity index (χ0v) is 13.8. The van der Waals surface area contributed by atoms with E-state index in [4.69, 9.17) is 0 Å². The molecule has 1 heterocycles. The fraction of sp³-hybridized carbons (Fsp3) is 0.600. The van der Waals surface area contributed by atoms with E-state index in [2.05, 4.69) is 42.8 Å². The Hall–Kier alpha value is -0.520. The Labute approximate surface area is 126 Å². The van der Waals surface area contributed by atoms with Gasteiger partial charge in [0.1, 0.15) is 0 Å². The lowest BCUT2D eigenvalue weighted by molar-refractivity contribution is 0.520. The van der Waals surface area contributed by atoms with Crippen LogP contribution in [0.4, 0.5) is 0 Å². The molecule has 0 amide bonds. The monoisotopic (exact) mass is 313 g/mol. The molecule has 0 saturated carbocycles. The fourth-order valence-electron chi connectivity index (χ4n) is 2.69. The van der Waals surface area contributed by atoms with Crippen LogP contribution in [-0.4, -0.2) is 38.3 Å². The molecule has 2 atom stereocenters. The predicted molar refractivity (Wildman–Crippen MR) is 86.2 cm³/mol. The Morgan fingerprint density at radius 2 is 2.15 bits per heavy atom. The van der Waals surface area contributed by atoms with Gasteiger partial charge in [0.05, 0.1) is 11.0 Å². The largest absolute Gasteiger partial charge is 0.313 e. The van der Waals surface area contributed by atoms with E-state index in [0.717, 1.165) is 19.3 Å². The van der Waals surface area contributed by atoms with Gasteiger partial charge in [-0.15, -0.1) is 11.8 Å². The Morgan fingerprint density at radius 1 is 1.40 bits per heavy atom. The van der Waals surface area contributed by atoms with Crippen LogP contribution < -0.4 is 5.32 Å². The van der Waals surface area contributed by atoms with E-state index >= 15 is 0 Å². The van der Waals surface area contributed by atoms with Gasteiger partial charge in [-0.3, -0.25) is 0 Å². The van der Waals surface area contributed by atoms with Gasteiger partial charge in [0, 0.05) is 17.5 Å². The summed E-state index contributed by atoms with van der Waals surface area (Å²) in [7, 11) is -2.84. The second-order valence-electron chi connectivity index (χ2n) is 5.46. The molecule has 1 fully saturated rings. The molecule has 1 aliphatic heterocycles. The maximum absolute atomic E-state index is 11.8. The predicted octanol–water partition coefficient (Wildman–Crippen LogP) is 2.51. The summed E-state index contributed by atoms with van der Waals surface area (Å²) >= 11 is 1.76. The minimum Gasteiger partial charge on any atom is -0.313 e. The van der Waals surface area contributed by atoms with E-state index in [1.807, 2.05) is 0 Å². The molecule has 0 bridgehead atoms. The molecule has 0 aliphatic carbocycles. The molecular formula is C15H23NO2S2. The first-order valence-corrected chi connectivity index (χ1v) is 10.0. The molecule has 1 saturated heterocycles. The highest BCUT2D eigenvalue weighted by Gasteiger charge is 2.30. The molecule has 112 valence electrons. The van der Waals surface area contributed by atoms with Gasteiger partial charge in [-0.05, 0) is 44.1 Å². The van der Waals surface area contributed by atoms with Crippen molar-refractivity contribution in [2.45, 2.75) is 42.4 Å². The van der Waals surface area contributed by atoms with E-state index < -0.39 is 9.84 Å². The molecule has 1 aliphatic rings. The van der Waals surface area contributed by atoms with Crippen molar-refractivity contribution in [1.82, 2.24) is 5.32 Å². The second-order valence-corrected chi connectivity index (χ2v) is 8.71. The van der Waals surface area contributed by atoms with Crippen LogP contribution in [0, 0.1) is 0 Å². The number of rotatable bonds is 6. The fourth-order valence-corrected chi connectivity index (χ4v) is 5.10. The summed E-state index contributed by atoms with van der Waals surface area (Å²) in [5, 5.41) is 3.21. The molecule has 0 spiro atoms. The van der Waals surface area contributed by atoms with Gasteiger partial charge in [-0.1, -0.05) is 18.2 Å². The zero-order chi connectivity index (χ0) is 14.6. The Kier molecular flexibility index (Phi) is 5.52. The third kappa shape index (κ3) is 3.99. The summed E-state index contributed by atoms with van der Waals surface area (Å²) in [4.78, 5) is 1.30. The average molecular weight is 313 g/mol. The molecule has 1 aromatic carbocycles. The summed E-state index contributed by atoms with van der Waals surface area (Å²) in [6, 6.07) is 8.69. The first-order valence-electron chi connectivity index (χ1n) is 7.10. The van der Waals surface area contributed by atoms with Crippen molar-refractivity contribution < 1.29 is 8.42 Å². The summed E-state index contributed by atoms with van der Waals surface area (Å²) in [5.41, 5.74) is 1.33. The number of sulfone groups is 1. The van der Waals surface area contributed by atoms with Gasteiger partial charge in [0.2, 0.25) is 0 Å². The van der Waals surface area contributed by atoms with Crippen LogP contribution in [0.1, 0.15) is 25.3 Å². The van der Waals surface area contributed by atoms with E-state index in [1.165, 1.54) is 10.5 Å². The molecular weight excluding hydrogens is 290 g/mol. The van der Waals surface area contributed by atoms with Crippen molar-refractivity contribution in [3.05, 3.63) is 29.8 Å². The van der Waals surface area contributed by atoms with Gasteiger partial charge >= 0.3 is 0 Å². The lowest BCUT2D eigenvalue weighted by Crippen LogP contribution is -2.37. The van der Waals surface area contributed by atoms with Gasteiger partial charge in [0.25, 0.3) is 0 Å². The zero-order valence-electron chi connectivity index (χ0n) is 12.1. The highest BCUT2D eigenvalue weighted by atomic mass is 32.2. The van der Waals surface area contributed by atoms with Crippen molar-refractivity contribution in [3.63, 3.8) is 0 Å². The number of hydrogen-bond acceptors (Lipinski definition) is 4. The summed E-state index contributed by atoms with van der Waals surface area (Å²) < 4.78 is 23.6. The third-order valence-corrected chi connectivity index (χ3v) is 6.99. The molecule has 1 aromatic rings. The van der Waals surface area contributed by atoms with Crippen molar-refractivity contribution >= 4 is 21.6 Å². The molecule has 0 aromatic heterocycles. The Morgan fingerprint density at radius 3 is 2.80 bits per heavy atom. The first kappa shape index (κ1) is 15.9. The van der Waals surface area contributed by atoms with E-state index in [0.29, 0.717) is 18.3 Å². The topological polar surface area (TPSA) is 46.2 Å². The maximum atomic E-state index is 11.8. The molecule has 1 N–H and O–H groups in total. The minimum atomic E-state index is -2.84. The van der Waals surface area contributed by atoms with Crippen LogP contribution in [0.15, 0.2) is 29.2 Å². The molecule has 0 unspecified atom stereocenters. The van der Waals surface area contributed by atoms with Crippen molar-refractivity contribution in [2.75, 3.05) is 18.6 Å².